The van der Waals surface area contributed by atoms with Crippen LogP contribution >= 0.6 is 0 Å². The Labute approximate surface area is 124 Å². The van der Waals surface area contributed by atoms with Gasteiger partial charge in [-0.1, -0.05) is 13.8 Å². The molecule has 0 aliphatic heterocycles. The number of hydrogen-bond acceptors (Lipinski definition) is 4. The molecule has 3 N–H and O–H groups in total. The van der Waals surface area contributed by atoms with Crippen LogP contribution in [0.1, 0.15) is 25.2 Å². The summed E-state index contributed by atoms with van der Waals surface area (Å²) in [6.07, 6.45) is 4.72. The highest BCUT2D eigenvalue weighted by Crippen LogP contribution is 2.14. The number of imidazole rings is 1. The van der Waals surface area contributed by atoms with Crippen LogP contribution in [0, 0.1) is 0 Å². The second-order valence-corrected chi connectivity index (χ2v) is 6.98. The highest BCUT2D eigenvalue weighted by molar-refractivity contribution is 7.89. The molecule has 0 aliphatic rings. The van der Waals surface area contributed by atoms with Crippen LogP contribution in [-0.2, 0) is 30.2 Å². The highest BCUT2D eigenvalue weighted by atomic mass is 32.2. The smallest absolute Gasteiger partial charge is 0.242 e. The maximum Gasteiger partial charge on any atom is 0.242 e. The summed E-state index contributed by atoms with van der Waals surface area (Å²) >= 11 is 0. The summed E-state index contributed by atoms with van der Waals surface area (Å²) in [5.41, 5.74) is 1.64. The molecule has 0 spiro atoms. The monoisotopic (exact) mass is 311 g/mol. The Bertz CT molecular complexity index is 673. The van der Waals surface area contributed by atoms with Gasteiger partial charge in [0.1, 0.15) is 0 Å². The third-order valence-corrected chi connectivity index (χ3v) is 4.46. The van der Waals surface area contributed by atoms with Crippen molar-refractivity contribution < 1.29 is 8.42 Å². The quantitative estimate of drug-likeness (QED) is 0.703. The lowest BCUT2D eigenvalue weighted by atomic mass is 10.3. The van der Waals surface area contributed by atoms with E-state index in [1.807, 2.05) is 25.5 Å². The van der Waals surface area contributed by atoms with E-state index >= 15 is 0 Å². The van der Waals surface area contributed by atoms with Gasteiger partial charge in [0.05, 0.1) is 17.8 Å². The fraction of sp³-hybridized carbons (Fsp3) is 0.462. The van der Waals surface area contributed by atoms with Crippen molar-refractivity contribution in [1.29, 1.82) is 0 Å². The van der Waals surface area contributed by atoms with Crippen molar-refractivity contribution in [3.63, 3.8) is 0 Å². The summed E-state index contributed by atoms with van der Waals surface area (Å²) in [7, 11) is -1.68. The summed E-state index contributed by atoms with van der Waals surface area (Å²) in [4.78, 5) is 6.98. The molecule has 2 heterocycles. The molecule has 0 saturated carbocycles. The van der Waals surface area contributed by atoms with Crippen molar-refractivity contribution in [2.75, 3.05) is 0 Å². The van der Waals surface area contributed by atoms with E-state index in [-0.39, 0.29) is 11.4 Å². The Kier molecular flexibility index (Phi) is 4.81. The molecule has 7 nitrogen and oxygen atoms in total. The standard InChI is InChI=1S/C13H21N5O2S/c1-10(2)15-7-12-4-13(8-18(12)3)21(19,20)17-6-11-5-14-9-16-11/h4-5,8-10,15,17H,6-7H2,1-3H3,(H,14,16). The third-order valence-electron chi connectivity index (χ3n) is 3.09. The fourth-order valence-electron chi connectivity index (χ4n) is 1.85. The first-order valence-electron chi connectivity index (χ1n) is 6.74. The predicted octanol–water partition coefficient (Wildman–Crippen LogP) is 0.725. The van der Waals surface area contributed by atoms with Crippen molar-refractivity contribution in [2.45, 2.75) is 37.9 Å². The molecule has 21 heavy (non-hydrogen) atoms. The molecule has 0 radical (unpaired) electrons. The van der Waals surface area contributed by atoms with E-state index < -0.39 is 10.0 Å². The Morgan fingerprint density at radius 3 is 2.76 bits per heavy atom. The predicted molar refractivity (Wildman–Crippen MR) is 80.0 cm³/mol. The molecule has 0 unspecified atom stereocenters. The number of hydrogen-bond donors (Lipinski definition) is 3. The Balaban J connectivity index is 2.07. The van der Waals surface area contributed by atoms with Gasteiger partial charge in [-0.2, -0.15) is 0 Å². The average molecular weight is 311 g/mol. The minimum Gasteiger partial charge on any atom is -0.352 e. The molecule has 2 rings (SSSR count). The lowest BCUT2D eigenvalue weighted by Gasteiger charge is -2.08. The van der Waals surface area contributed by atoms with E-state index in [0.29, 0.717) is 12.6 Å². The molecule has 2 aromatic heterocycles. The lowest BCUT2D eigenvalue weighted by Crippen LogP contribution is -2.23. The van der Waals surface area contributed by atoms with Gasteiger partial charge >= 0.3 is 0 Å². The van der Waals surface area contributed by atoms with Crippen molar-refractivity contribution in [2.24, 2.45) is 7.05 Å². The van der Waals surface area contributed by atoms with Crippen molar-refractivity contribution in [1.82, 2.24) is 24.6 Å². The number of nitrogens with zero attached hydrogens (tertiary/aromatic N) is 2. The van der Waals surface area contributed by atoms with Gasteiger partial charge in [-0.25, -0.2) is 18.1 Å². The number of aryl methyl sites for hydroxylation is 1. The summed E-state index contributed by atoms with van der Waals surface area (Å²) < 4.78 is 28.9. The molecule has 0 atom stereocenters. The molecular formula is C13H21N5O2S. The van der Waals surface area contributed by atoms with E-state index in [1.165, 1.54) is 6.33 Å². The van der Waals surface area contributed by atoms with Crippen LogP contribution in [0.3, 0.4) is 0 Å². The van der Waals surface area contributed by atoms with Crippen LogP contribution in [0.4, 0.5) is 0 Å². The van der Waals surface area contributed by atoms with E-state index in [2.05, 4.69) is 20.0 Å². The SMILES string of the molecule is CC(C)NCc1cc(S(=O)(=O)NCc2cnc[nH]2)cn1C. The summed E-state index contributed by atoms with van der Waals surface area (Å²) in [6, 6.07) is 2.03. The molecule has 0 saturated heterocycles. The highest BCUT2D eigenvalue weighted by Gasteiger charge is 2.17. The maximum atomic E-state index is 12.3. The molecule has 0 aromatic carbocycles. The van der Waals surface area contributed by atoms with Gasteiger partial charge in [-0.3, -0.25) is 0 Å². The second-order valence-electron chi connectivity index (χ2n) is 5.22. The van der Waals surface area contributed by atoms with Gasteiger partial charge in [-0.05, 0) is 6.07 Å². The van der Waals surface area contributed by atoms with Crippen LogP contribution in [-0.4, -0.2) is 29.0 Å². The molecule has 0 aliphatic carbocycles. The van der Waals surface area contributed by atoms with Crippen molar-refractivity contribution >= 4 is 10.0 Å². The molecular weight excluding hydrogens is 290 g/mol. The molecule has 2 aromatic rings. The Hall–Kier alpha value is -1.64. The maximum absolute atomic E-state index is 12.3. The molecule has 0 bridgehead atoms. The van der Waals surface area contributed by atoms with Gasteiger partial charge in [0.15, 0.2) is 0 Å². The second kappa shape index (κ2) is 6.42. The van der Waals surface area contributed by atoms with Gasteiger partial charge in [0.25, 0.3) is 0 Å². The zero-order chi connectivity index (χ0) is 15.5. The zero-order valence-electron chi connectivity index (χ0n) is 12.4. The first-order valence-corrected chi connectivity index (χ1v) is 8.22. The first-order chi connectivity index (χ1) is 9.88. The van der Waals surface area contributed by atoms with Crippen molar-refractivity contribution in [3.05, 3.63) is 36.2 Å². The summed E-state index contributed by atoms with van der Waals surface area (Å²) in [5.74, 6) is 0. The topological polar surface area (TPSA) is 91.8 Å². The molecule has 8 heteroatoms. The number of rotatable bonds is 7. The van der Waals surface area contributed by atoms with E-state index in [9.17, 15) is 8.42 Å². The van der Waals surface area contributed by atoms with E-state index in [4.69, 9.17) is 0 Å². The van der Waals surface area contributed by atoms with Crippen LogP contribution in [0.15, 0.2) is 29.7 Å². The van der Waals surface area contributed by atoms with Crippen LogP contribution in [0.5, 0.6) is 0 Å². The van der Waals surface area contributed by atoms with Gasteiger partial charge in [-0.15, -0.1) is 0 Å². The number of sulfonamides is 1. The Morgan fingerprint density at radius 2 is 2.14 bits per heavy atom. The fourth-order valence-corrected chi connectivity index (χ4v) is 2.95. The first kappa shape index (κ1) is 15.7. The van der Waals surface area contributed by atoms with E-state index in [1.54, 1.807) is 18.5 Å². The minimum atomic E-state index is -3.52. The lowest BCUT2D eigenvalue weighted by molar-refractivity contribution is 0.571. The molecule has 0 fully saturated rings. The third kappa shape index (κ3) is 4.16. The zero-order valence-corrected chi connectivity index (χ0v) is 13.2. The number of aromatic amines is 1. The summed E-state index contributed by atoms with van der Waals surface area (Å²) in [5, 5.41) is 3.27. The normalized spacial score (nSPS) is 12.2. The molecule has 0 amide bonds. The van der Waals surface area contributed by atoms with Crippen LogP contribution in [0.25, 0.3) is 0 Å². The van der Waals surface area contributed by atoms with Crippen LogP contribution < -0.4 is 10.0 Å². The summed E-state index contributed by atoms with van der Waals surface area (Å²) in [6.45, 7) is 4.92. The number of aromatic nitrogens is 3. The minimum absolute atomic E-state index is 0.191. The average Bonchev–Trinajstić information content (AvgIpc) is 3.04. The molecule has 116 valence electrons. The van der Waals surface area contributed by atoms with Crippen LogP contribution in [0.2, 0.25) is 0 Å². The Morgan fingerprint density at radius 1 is 1.38 bits per heavy atom. The van der Waals surface area contributed by atoms with Gasteiger partial charge in [0.2, 0.25) is 10.0 Å². The number of H-pyrrole nitrogens is 1. The largest absolute Gasteiger partial charge is 0.352 e. The van der Waals surface area contributed by atoms with Crippen molar-refractivity contribution in [3.8, 4) is 0 Å². The number of nitrogens with one attached hydrogen (secondary N) is 3. The van der Waals surface area contributed by atoms with Gasteiger partial charge in [0, 0.05) is 43.4 Å². The van der Waals surface area contributed by atoms with Gasteiger partial charge < -0.3 is 14.9 Å². The van der Waals surface area contributed by atoms with E-state index in [0.717, 1.165) is 11.4 Å².